The van der Waals surface area contributed by atoms with Crippen LogP contribution in [0.15, 0.2) is 30.5 Å². The number of hydrogen-bond donors (Lipinski definition) is 1. The Morgan fingerprint density at radius 2 is 2.10 bits per heavy atom. The molecule has 2 rings (SSSR count). The highest BCUT2D eigenvalue weighted by molar-refractivity contribution is 6.31. The van der Waals surface area contributed by atoms with Crippen LogP contribution in [0.25, 0.3) is 0 Å². The Bertz CT molecular complexity index is 598. The number of aliphatic hydroxyl groups is 1. The molecule has 1 aromatic carbocycles. The molecule has 0 radical (unpaired) electrons. The first-order valence-corrected chi connectivity index (χ1v) is 7.51. The number of aliphatic hydroxyl groups excluding tert-OH is 1. The summed E-state index contributed by atoms with van der Waals surface area (Å²) in [5.74, 6) is 0. The van der Waals surface area contributed by atoms with Crippen molar-refractivity contribution < 1.29 is 5.11 Å². The van der Waals surface area contributed by atoms with Gasteiger partial charge >= 0.3 is 0 Å². The third kappa shape index (κ3) is 4.45. The van der Waals surface area contributed by atoms with Gasteiger partial charge in [0.25, 0.3) is 0 Å². The highest BCUT2D eigenvalue weighted by atomic mass is 35.5. The van der Waals surface area contributed by atoms with Crippen molar-refractivity contribution in [1.82, 2.24) is 14.7 Å². The zero-order valence-corrected chi connectivity index (χ0v) is 13.6. The summed E-state index contributed by atoms with van der Waals surface area (Å²) in [6, 6.07) is 7.46. The first-order valence-electron chi connectivity index (χ1n) is 6.76. The minimum Gasteiger partial charge on any atom is -0.386 e. The van der Waals surface area contributed by atoms with Crippen LogP contribution in [0.3, 0.4) is 0 Å². The van der Waals surface area contributed by atoms with E-state index in [-0.39, 0.29) is 0 Å². The third-order valence-corrected chi connectivity index (χ3v) is 3.75. The third-order valence-electron chi connectivity index (χ3n) is 3.23. The van der Waals surface area contributed by atoms with Crippen LogP contribution >= 0.6 is 23.2 Å². The molecule has 0 bridgehead atoms. The molecule has 1 heterocycles. The van der Waals surface area contributed by atoms with E-state index < -0.39 is 6.10 Å². The van der Waals surface area contributed by atoms with Crippen molar-refractivity contribution in [1.29, 1.82) is 0 Å². The summed E-state index contributed by atoms with van der Waals surface area (Å²) in [5, 5.41) is 15.9. The Balaban J connectivity index is 2.14. The number of rotatable bonds is 6. The predicted molar refractivity (Wildman–Crippen MR) is 85.9 cm³/mol. The highest BCUT2D eigenvalue weighted by Crippen LogP contribution is 2.26. The van der Waals surface area contributed by atoms with Gasteiger partial charge in [-0.15, -0.1) is 0 Å². The molecule has 114 valence electrons. The fraction of sp³-hybridized carbons (Fsp3) is 0.400. The number of hydrogen-bond acceptors (Lipinski definition) is 3. The average Bonchev–Trinajstić information content (AvgIpc) is 2.77. The van der Waals surface area contributed by atoms with E-state index >= 15 is 0 Å². The molecule has 0 saturated carbocycles. The van der Waals surface area contributed by atoms with Crippen LogP contribution in [0.4, 0.5) is 0 Å². The molecular formula is C15H19Cl2N3O. The number of benzene rings is 1. The minimum absolute atomic E-state index is 0.452. The van der Waals surface area contributed by atoms with E-state index in [1.54, 1.807) is 10.9 Å². The maximum absolute atomic E-state index is 10.5. The molecule has 0 aliphatic carbocycles. The van der Waals surface area contributed by atoms with E-state index in [0.29, 0.717) is 28.7 Å². The molecule has 0 amide bonds. The number of aromatic nitrogens is 2. The maximum Gasteiger partial charge on any atom is 0.101 e. The molecule has 2 aromatic rings. The van der Waals surface area contributed by atoms with Gasteiger partial charge in [0.05, 0.1) is 23.5 Å². The van der Waals surface area contributed by atoms with Crippen LogP contribution in [0, 0.1) is 0 Å². The molecule has 0 aliphatic heterocycles. The molecule has 0 spiro atoms. The van der Waals surface area contributed by atoms with Crippen LogP contribution in [0.5, 0.6) is 0 Å². The second kappa shape index (κ2) is 7.27. The highest BCUT2D eigenvalue weighted by Gasteiger charge is 2.18. The summed E-state index contributed by atoms with van der Waals surface area (Å²) in [6.45, 7) is 1.51. The summed E-state index contributed by atoms with van der Waals surface area (Å²) in [5.41, 5.74) is 1.62. The van der Waals surface area contributed by atoms with Gasteiger partial charge < -0.3 is 10.0 Å². The van der Waals surface area contributed by atoms with E-state index in [1.807, 2.05) is 38.4 Å². The van der Waals surface area contributed by atoms with E-state index in [0.717, 1.165) is 12.1 Å². The standard InChI is InChI=1S/C15H19Cl2N3O/c1-19(2)6-7-20-15(13(17)10-18-20)14(21)9-11-4-3-5-12(16)8-11/h3-5,8,10,14,21H,6-7,9H2,1-2H3. The normalized spacial score (nSPS) is 12.9. The van der Waals surface area contributed by atoms with Crippen molar-refractivity contribution in [3.05, 3.63) is 51.8 Å². The number of nitrogens with zero attached hydrogens (tertiary/aromatic N) is 3. The summed E-state index contributed by atoms with van der Waals surface area (Å²) in [7, 11) is 3.99. The Morgan fingerprint density at radius 3 is 2.76 bits per heavy atom. The van der Waals surface area contributed by atoms with Crippen molar-refractivity contribution in [3.63, 3.8) is 0 Å². The molecule has 1 aromatic heterocycles. The summed E-state index contributed by atoms with van der Waals surface area (Å²) < 4.78 is 1.76. The molecule has 0 fully saturated rings. The van der Waals surface area contributed by atoms with Gasteiger partial charge in [0.1, 0.15) is 6.10 Å². The average molecular weight is 328 g/mol. The Kier molecular flexibility index (Phi) is 5.65. The van der Waals surface area contributed by atoms with E-state index in [1.165, 1.54) is 0 Å². The second-order valence-corrected chi connectivity index (χ2v) is 6.10. The lowest BCUT2D eigenvalue weighted by molar-refractivity contribution is 0.165. The topological polar surface area (TPSA) is 41.3 Å². The molecule has 1 unspecified atom stereocenters. The predicted octanol–water partition coefficient (Wildman–Crippen LogP) is 3.03. The Labute approximate surface area is 134 Å². The van der Waals surface area contributed by atoms with Crippen molar-refractivity contribution in [3.8, 4) is 0 Å². The summed E-state index contributed by atoms with van der Waals surface area (Å²) in [4.78, 5) is 2.06. The van der Waals surface area contributed by atoms with Gasteiger partial charge in [0, 0.05) is 18.0 Å². The smallest absolute Gasteiger partial charge is 0.101 e. The summed E-state index contributed by atoms with van der Waals surface area (Å²) in [6.07, 6.45) is 1.32. The lowest BCUT2D eigenvalue weighted by Gasteiger charge is -2.16. The molecule has 6 heteroatoms. The van der Waals surface area contributed by atoms with Crippen LogP contribution in [-0.4, -0.2) is 40.4 Å². The SMILES string of the molecule is CN(C)CCn1ncc(Cl)c1C(O)Cc1cccc(Cl)c1. The van der Waals surface area contributed by atoms with Gasteiger partial charge in [-0.05, 0) is 31.8 Å². The monoisotopic (exact) mass is 327 g/mol. The van der Waals surface area contributed by atoms with Gasteiger partial charge in [-0.25, -0.2) is 0 Å². The van der Waals surface area contributed by atoms with E-state index in [2.05, 4.69) is 10.00 Å². The van der Waals surface area contributed by atoms with Gasteiger partial charge in [0.2, 0.25) is 0 Å². The molecule has 21 heavy (non-hydrogen) atoms. The van der Waals surface area contributed by atoms with Crippen molar-refractivity contribution in [2.24, 2.45) is 0 Å². The molecule has 1 N–H and O–H groups in total. The van der Waals surface area contributed by atoms with Gasteiger partial charge in [-0.2, -0.15) is 5.10 Å². The fourth-order valence-corrected chi connectivity index (χ4v) is 2.64. The minimum atomic E-state index is -0.708. The second-order valence-electron chi connectivity index (χ2n) is 5.25. The first kappa shape index (κ1) is 16.3. The zero-order chi connectivity index (χ0) is 15.4. The summed E-state index contributed by atoms with van der Waals surface area (Å²) >= 11 is 12.1. The van der Waals surface area contributed by atoms with Crippen molar-refractivity contribution in [2.45, 2.75) is 19.1 Å². The quantitative estimate of drug-likeness (QED) is 0.886. The van der Waals surface area contributed by atoms with E-state index in [9.17, 15) is 5.11 Å². The van der Waals surface area contributed by atoms with Gasteiger partial charge in [-0.1, -0.05) is 35.3 Å². The zero-order valence-electron chi connectivity index (χ0n) is 12.1. The van der Waals surface area contributed by atoms with Crippen LogP contribution < -0.4 is 0 Å². The number of likely N-dealkylation sites (N-methyl/N-ethyl adjacent to an activating group) is 1. The van der Waals surface area contributed by atoms with Crippen molar-refractivity contribution >= 4 is 23.2 Å². The van der Waals surface area contributed by atoms with Crippen LogP contribution in [0.2, 0.25) is 10.0 Å². The van der Waals surface area contributed by atoms with Crippen LogP contribution in [0.1, 0.15) is 17.4 Å². The lowest BCUT2D eigenvalue weighted by Crippen LogP contribution is -2.21. The van der Waals surface area contributed by atoms with Gasteiger partial charge in [-0.3, -0.25) is 4.68 Å². The molecule has 1 atom stereocenters. The van der Waals surface area contributed by atoms with Gasteiger partial charge in [0.15, 0.2) is 0 Å². The maximum atomic E-state index is 10.5. The first-order chi connectivity index (χ1) is 9.97. The molecular weight excluding hydrogens is 309 g/mol. The van der Waals surface area contributed by atoms with E-state index in [4.69, 9.17) is 23.2 Å². The molecule has 0 aliphatic rings. The molecule has 0 saturated heterocycles. The molecule has 4 nitrogen and oxygen atoms in total. The lowest BCUT2D eigenvalue weighted by atomic mass is 10.1. The van der Waals surface area contributed by atoms with Crippen molar-refractivity contribution in [2.75, 3.05) is 20.6 Å². The Hall–Kier alpha value is -1.07. The fourth-order valence-electron chi connectivity index (χ4n) is 2.16. The number of halogens is 2. The Morgan fingerprint density at radius 1 is 1.33 bits per heavy atom. The van der Waals surface area contributed by atoms with Crippen LogP contribution in [-0.2, 0) is 13.0 Å². The largest absolute Gasteiger partial charge is 0.386 e.